The van der Waals surface area contributed by atoms with E-state index in [0.29, 0.717) is 34.8 Å². The topological polar surface area (TPSA) is 118 Å². The van der Waals surface area contributed by atoms with Gasteiger partial charge in [0.2, 0.25) is 5.60 Å². The van der Waals surface area contributed by atoms with E-state index in [4.69, 9.17) is 4.74 Å². The monoisotopic (exact) mass is 553 g/mol. The van der Waals surface area contributed by atoms with E-state index >= 15 is 0 Å². The van der Waals surface area contributed by atoms with E-state index in [1.54, 1.807) is 40.8 Å². The number of hydrogen-bond acceptors (Lipinski definition) is 8. The Hall–Kier alpha value is -4.67. The molecule has 1 fully saturated rings. The minimum Gasteiger partial charge on any atom is -0.434 e. The molecule has 1 saturated heterocycles. The number of fused-ring (bicyclic) bond motifs is 1. The Labute approximate surface area is 227 Å². The Morgan fingerprint density at radius 2 is 1.95 bits per heavy atom. The number of amides is 1. The fourth-order valence-electron chi connectivity index (χ4n) is 4.62. The average molecular weight is 554 g/mol. The molecule has 1 atom stereocenters. The van der Waals surface area contributed by atoms with E-state index in [9.17, 15) is 23.2 Å². The first-order chi connectivity index (χ1) is 18.9. The molecule has 5 heterocycles. The number of carbonyl (C=O) groups is 1. The molecule has 1 amide bonds. The van der Waals surface area contributed by atoms with Crippen molar-refractivity contribution < 1.29 is 22.7 Å². The first kappa shape index (κ1) is 26.9. The Bertz CT molecular complexity index is 1620. The van der Waals surface area contributed by atoms with Crippen LogP contribution in [0.1, 0.15) is 26.3 Å². The van der Waals surface area contributed by atoms with Crippen molar-refractivity contribution in [2.45, 2.75) is 38.6 Å². The van der Waals surface area contributed by atoms with E-state index in [-0.39, 0.29) is 19.1 Å². The molecule has 1 aliphatic rings. The van der Waals surface area contributed by atoms with Gasteiger partial charge in [-0.15, -0.1) is 0 Å². The molecule has 0 aliphatic carbocycles. The zero-order valence-electron chi connectivity index (χ0n) is 22.2. The van der Waals surface area contributed by atoms with Crippen LogP contribution in [0.4, 0.5) is 23.8 Å². The highest BCUT2D eigenvalue weighted by Gasteiger charge is 2.51. The molecule has 14 heteroatoms. The number of aryl methyl sites for hydroxylation is 1. The molecule has 0 unspecified atom stereocenters. The van der Waals surface area contributed by atoms with Crippen LogP contribution in [0.15, 0.2) is 43.2 Å². The third kappa shape index (κ3) is 4.78. The third-order valence-corrected chi connectivity index (χ3v) is 6.88. The van der Waals surface area contributed by atoms with Crippen LogP contribution < -0.4 is 4.90 Å². The van der Waals surface area contributed by atoms with Gasteiger partial charge in [0.25, 0.3) is 0 Å². The van der Waals surface area contributed by atoms with Crippen LogP contribution in [-0.4, -0.2) is 77.7 Å². The molecule has 11 nitrogen and oxygen atoms in total. The summed E-state index contributed by atoms with van der Waals surface area (Å²) in [6, 6.07) is 5.08. The molecule has 0 N–H and O–H groups in total. The SMILES string of the molecule is C[C@H]1CN(C(=O)OC(C)(C)C(F)(F)F)CCN1c1ncnc2c1c(-c1cnn(C)c1)cn2-c1cc(C#N)ccn1. The number of pyridine rings is 1. The highest BCUT2D eigenvalue weighted by Crippen LogP contribution is 2.38. The molecule has 208 valence electrons. The second kappa shape index (κ2) is 9.82. The number of nitrogens with zero attached hydrogens (tertiary/aromatic N) is 9. The highest BCUT2D eigenvalue weighted by molar-refractivity contribution is 6.02. The van der Waals surface area contributed by atoms with Crippen LogP contribution in [0, 0.1) is 11.3 Å². The fraction of sp³-hybridized carbons (Fsp3) is 0.385. The molecule has 40 heavy (non-hydrogen) atoms. The minimum absolute atomic E-state index is 0.132. The molecule has 0 spiro atoms. The van der Waals surface area contributed by atoms with Crippen molar-refractivity contribution in [2.24, 2.45) is 7.05 Å². The summed E-state index contributed by atoms with van der Waals surface area (Å²) in [5.41, 5.74) is -0.0320. The zero-order valence-corrected chi connectivity index (χ0v) is 22.2. The van der Waals surface area contributed by atoms with Crippen molar-refractivity contribution in [3.05, 3.63) is 48.8 Å². The average Bonchev–Trinajstić information content (AvgIpc) is 3.51. The lowest BCUT2D eigenvalue weighted by molar-refractivity contribution is -0.246. The quantitative estimate of drug-likeness (QED) is 0.371. The molecule has 0 radical (unpaired) electrons. The van der Waals surface area contributed by atoms with Gasteiger partial charge in [0.1, 0.15) is 18.0 Å². The Morgan fingerprint density at radius 3 is 2.60 bits per heavy atom. The lowest BCUT2D eigenvalue weighted by atomic mass is 10.1. The predicted molar refractivity (Wildman–Crippen MR) is 139 cm³/mol. The number of aromatic nitrogens is 6. The maximum atomic E-state index is 13.3. The summed E-state index contributed by atoms with van der Waals surface area (Å²) in [5, 5.41) is 14.4. The van der Waals surface area contributed by atoms with Gasteiger partial charge < -0.3 is 14.5 Å². The second-order valence-electron chi connectivity index (χ2n) is 10.1. The van der Waals surface area contributed by atoms with Gasteiger partial charge >= 0.3 is 12.3 Å². The Balaban J connectivity index is 1.53. The molecule has 4 aromatic rings. The number of anilines is 1. The van der Waals surface area contributed by atoms with E-state index in [1.807, 2.05) is 24.2 Å². The first-order valence-corrected chi connectivity index (χ1v) is 12.4. The number of rotatable bonds is 4. The number of alkyl halides is 3. The maximum absolute atomic E-state index is 13.3. The molecule has 0 bridgehead atoms. The van der Waals surface area contributed by atoms with E-state index in [0.717, 1.165) is 25.0 Å². The predicted octanol–water partition coefficient (Wildman–Crippen LogP) is 4.08. The van der Waals surface area contributed by atoms with Gasteiger partial charge in [0, 0.05) is 62.4 Å². The molecule has 1 aliphatic heterocycles. The van der Waals surface area contributed by atoms with E-state index in [1.165, 1.54) is 11.2 Å². The summed E-state index contributed by atoms with van der Waals surface area (Å²) in [5.74, 6) is 1.09. The third-order valence-electron chi connectivity index (χ3n) is 6.88. The molecule has 4 aromatic heterocycles. The number of nitriles is 1. The fourth-order valence-corrected chi connectivity index (χ4v) is 4.62. The van der Waals surface area contributed by atoms with Crippen LogP contribution in [0.3, 0.4) is 0 Å². The first-order valence-electron chi connectivity index (χ1n) is 12.4. The minimum atomic E-state index is -4.69. The van der Waals surface area contributed by atoms with Crippen molar-refractivity contribution in [3.8, 4) is 23.0 Å². The van der Waals surface area contributed by atoms with Crippen LogP contribution in [0.5, 0.6) is 0 Å². The van der Waals surface area contributed by atoms with Crippen molar-refractivity contribution in [2.75, 3.05) is 24.5 Å². The summed E-state index contributed by atoms with van der Waals surface area (Å²) in [7, 11) is 1.80. The van der Waals surface area contributed by atoms with Crippen molar-refractivity contribution in [1.29, 1.82) is 5.26 Å². The number of halogens is 3. The molecule has 0 saturated carbocycles. The summed E-state index contributed by atoms with van der Waals surface area (Å²) < 4.78 is 48.1. The lowest BCUT2D eigenvalue weighted by Crippen LogP contribution is -2.56. The van der Waals surface area contributed by atoms with Gasteiger partial charge in [-0.25, -0.2) is 19.7 Å². The normalized spacial score (nSPS) is 16.3. The molecular formula is C26H26F3N9O2. The van der Waals surface area contributed by atoms with Gasteiger partial charge in [-0.1, -0.05) is 0 Å². The zero-order chi connectivity index (χ0) is 28.8. The van der Waals surface area contributed by atoms with Gasteiger partial charge in [-0.05, 0) is 32.9 Å². The molecule has 5 rings (SSSR count). The van der Waals surface area contributed by atoms with Crippen LogP contribution >= 0.6 is 0 Å². The molecule has 0 aromatic carbocycles. The summed E-state index contributed by atoms with van der Waals surface area (Å²) in [6.45, 7) is 4.09. The van der Waals surface area contributed by atoms with Gasteiger partial charge in [0.05, 0.1) is 23.2 Å². The highest BCUT2D eigenvalue weighted by atomic mass is 19.4. The number of piperazine rings is 1. The lowest BCUT2D eigenvalue weighted by Gasteiger charge is -2.41. The van der Waals surface area contributed by atoms with E-state index in [2.05, 4.69) is 26.1 Å². The number of ether oxygens (including phenoxy) is 1. The Kier molecular flexibility index (Phi) is 6.61. The van der Waals surface area contributed by atoms with Crippen LogP contribution in [0.2, 0.25) is 0 Å². The largest absolute Gasteiger partial charge is 0.434 e. The van der Waals surface area contributed by atoms with Crippen molar-refractivity contribution in [3.63, 3.8) is 0 Å². The van der Waals surface area contributed by atoms with Crippen molar-refractivity contribution >= 4 is 22.9 Å². The number of carbonyl (C=O) groups excluding carboxylic acids is 1. The smallest absolute Gasteiger partial charge is 0.427 e. The summed E-state index contributed by atoms with van der Waals surface area (Å²) in [6.07, 6.45) is 2.69. The van der Waals surface area contributed by atoms with Gasteiger partial charge in [0.15, 0.2) is 5.65 Å². The van der Waals surface area contributed by atoms with Gasteiger partial charge in [-0.3, -0.25) is 9.25 Å². The molecular weight excluding hydrogens is 527 g/mol. The maximum Gasteiger partial charge on any atom is 0.427 e. The van der Waals surface area contributed by atoms with Crippen LogP contribution in [-0.2, 0) is 11.8 Å². The van der Waals surface area contributed by atoms with Crippen LogP contribution in [0.25, 0.3) is 28.0 Å². The van der Waals surface area contributed by atoms with Crippen molar-refractivity contribution in [1.82, 2.24) is 34.2 Å². The summed E-state index contributed by atoms with van der Waals surface area (Å²) >= 11 is 0. The Morgan fingerprint density at radius 1 is 1.18 bits per heavy atom. The summed E-state index contributed by atoms with van der Waals surface area (Å²) in [4.78, 5) is 29.5. The number of hydrogen-bond donors (Lipinski definition) is 0. The second-order valence-corrected chi connectivity index (χ2v) is 10.1. The standard InChI is InChI=1S/C26H26F3N9O2/c1-16-12-36(24(39)40-25(2,3)26(27,28)29)7-8-37(16)22-21-19(18-11-34-35(4)13-18)14-38(23(21)33-15-32-22)20-9-17(10-30)5-6-31-20/h5-6,9,11,13-16H,7-8,12H2,1-4H3/t16-/m0/s1. The van der Waals surface area contributed by atoms with Gasteiger partial charge in [-0.2, -0.15) is 23.5 Å². The van der Waals surface area contributed by atoms with E-state index < -0.39 is 17.9 Å².